The van der Waals surface area contributed by atoms with E-state index in [2.05, 4.69) is 11.4 Å². The predicted octanol–water partition coefficient (Wildman–Crippen LogP) is 4.73. The normalized spacial score (nSPS) is 10.4. The van der Waals surface area contributed by atoms with Crippen molar-refractivity contribution in [2.24, 2.45) is 0 Å². The number of nitro benzene ring substituents is 1. The molecule has 2 aromatic carbocycles. The molecule has 3 aromatic rings. The molecule has 1 N–H and O–H groups in total. The number of nitro groups is 1. The van der Waals surface area contributed by atoms with Crippen LogP contribution in [-0.4, -0.2) is 4.92 Å². The lowest BCUT2D eigenvalue weighted by atomic mass is 10.1. The first-order valence-electron chi connectivity index (χ1n) is 6.54. The zero-order valence-electron chi connectivity index (χ0n) is 11.7. The summed E-state index contributed by atoms with van der Waals surface area (Å²) < 4.78 is 1.01. The highest BCUT2D eigenvalue weighted by molar-refractivity contribution is 7.23. The summed E-state index contributed by atoms with van der Waals surface area (Å²) in [6.07, 6.45) is 0. The molecule has 3 rings (SSSR count). The minimum atomic E-state index is -0.438. The molecule has 0 saturated carbocycles. The van der Waals surface area contributed by atoms with Gasteiger partial charge in [0, 0.05) is 16.2 Å². The standard InChI is InChI=1S/C16H11N3O2S/c1-10-5-4-6-11-12(9-17)16(22-15(10)11)18-13-7-2-3-8-14(13)19(20)21/h2-8,18H,1H3. The third kappa shape index (κ3) is 2.28. The molecule has 0 amide bonds. The Morgan fingerprint density at radius 1 is 1.23 bits per heavy atom. The Morgan fingerprint density at radius 3 is 2.73 bits per heavy atom. The lowest BCUT2D eigenvalue weighted by Crippen LogP contribution is -1.96. The molecule has 1 heterocycles. The van der Waals surface area contributed by atoms with E-state index in [1.54, 1.807) is 18.2 Å². The molecule has 0 radical (unpaired) electrons. The molecule has 0 aliphatic rings. The molecule has 0 saturated heterocycles. The van der Waals surface area contributed by atoms with Crippen molar-refractivity contribution in [3.8, 4) is 6.07 Å². The van der Waals surface area contributed by atoms with E-state index in [1.807, 2.05) is 25.1 Å². The topological polar surface area (TPSA) is 79.0 Å². The number of fused-ring (bicyclic) bond motifs is 1. The first kappa shape index (κ1) is 14.0. The average Bonchev–Trinajstić information content (AvgIpc) is 2.86. The Bertz CT molecular complexity index is 925. The second kappa shape index (κ2) is 5.47. The maximum absolute atomic E-state index is 11.1. The van der Waals surface area contributed by atoms with Crippen molar-refractivity contribution in [3.05, 3.63) is 63.7 Å². The fourth-order valence-electron chi connectivity index (χ4n) is 2.32. The van der Waals surface area contributed by atoms with Gasteiger partial charge in [0.25, 0.3) is 5.69 Å². The van der Waals surface area contributed by atoms with E-state index >= 15 is 0 Å². The van der Waals surface area contributed by atoms with Crippen molar-refractivity contribution in [2.75, 3.05) is 5.32 Å². The lowest BCUT2D eigenvalue weighted by molar-refractivity contribution is -0.383. The Labute approximate surface area is 130 Å². The average molecular weight is 309 g/mol. The van der Waals surface area contributed by atoms with E-state index in [0.29, 0.717) is 16.3 Å². The van der Waals surface area contributed by atoms with E-state index in [-0.39, 0.29) is 5.69 Å². The van der Waals surface area contributed by atoms with Crippen LogP contribution in [0.15, 0.2) is 42.5 Å². The molecule has 0 aliphatic carbocycles. The molecule has 0 spiro atoms. The van der Waals surface area contributed by atoms with Gasteiger partial charge >= 0.3 is 0 Å². The van der Waals surface area contributed by atoms with Crippen molar-refractivity contribution < 1.29 is 4.92 Å². The lowest BCUT2D eigenvalue weighted by Gasteiger charge is -2.04. The van der Waals surface area contributed by atoms with Crippen LogP contribution in [0.4, 0.5) is 16.4 Å². The zero-order valence-corrected chi connectivity index (χ0v) is 12.5. The van der Waals surface area contributed by atoms with Gasteiger partial charge in [0.2, 0.25) is 0 Å². The van der Waals surface area contributed by atoms with Crippen LogP contribution in [0.2, 0.25) is 0 Å². The third-order valence-corrected chi connectivity index (χ3v) is 4.63. The number of rotatable bonds is 3. The summed E-state index contributed by atoms with van der Waals surface area (Å²) in [5.74, 6) is 0. The molecular weight excluding hydrogens is 298 g/mol. The van der Waals surface area contributed by atoms with Gasteiger partial charge in [0.1, 0.15) is 16.8 Å². The molecule has 0 atom stereocenters. The Balaban J connectivity index is 2.15. The molecule has 22 heavy (non-hydrogen) atoms. The number of anilines is 2. The summed E-state index contributed by atoms with van der Waals surface area (Å²) in [7, 11) is 0. The molecule has 0 fully saturated rings. The number of aryl methyl sites for hydroxylation is 1. The number of para-hydroxylation sites is 2. The van der Waals surface area contributed by atoms with Crippen LogP contribution >= 0.6 is 11.3 Å². The third-order valence-electron chi connectivity index (χ3n) is 3.37. The Kier molecular flexibility index (Phi) is 3.49. The van der Waals surface area contributed by atoms with E-state index in [1.165, 1.54) is 17.4 Å². The fraction of sp³-hybridized carbons (Fsp3) is 0.0625. The number of nitrogens with one attached hydrogen (secondary N) is 1. The van der Waals surface area contributed by atoms with E-state index in [4.69, 9.17) is 0 Å². The van der Waals surface area contributed by atoms with Crippen molar-refractivity contribution in [3.63, 3.8) is 0 Å². The van der Waals surface area contributed by atoms with Gasteiger partial charge in [0.15, 0.2) is 0 Å². The SMILES string of the molecule is Cc1cccc2c(C#N)c(Nc3ccccc3[N+](=O)[O-])sc12. The Hall–Kier alpha value is -2.91. The van der Waals surface area contributed by atoms with Crippen LogP contribution in [-0.2, 0) is 0 Å². The monoisotopic (exact) mass is 309 g/mol. The van der Waals surface area contributed by atoms with Gasteiger partial charge in [0.05, 0.1) is 10.5 Å². The van der Waals surface area contributed by atoms with Crippen LogP contribution in [0.5, 0.6) is 0 Å². The fourth-order valence-corrected chi connectivity index (χ4v) is 3.45. The molecule has 6 heteroatoms. The Morgan fingerprint density at radius 2 is 2.00 bits per heavy atom. The molecule has 1 aromatic heterocycles. The van der Waals surface area contributed by atoms with Crippen LogP contribution in [0, 0.1) is 28.4 Å². The van der Waals surface area contributed by atoms with Crippen LogP contribution in [0.1, 0.15) is 11.1 Å². The summed E-state index contributed by atoms with van der Waals surface area (Å²) in [4.78, 5) is 10.7. The first-order valence-corrected chi connectivity index (χ1v) is 7.36. The minimum absolute atomic E-state index is 0.0134. The molecule has 0 unspecified atom stereocenters. The largest absolute Gasteiger partial charge is 0.341 e. The van der Waals surface area contributed by atoms with E-state index in [9.17, 15) is 15.4 Å². The number of benzene rings is 2. The van der Waals surface area contributed by atoms with E-state index in [0.717, 1.165) is 15.6 Å². The minimum Gasteiger partial charge on any atom is -0.341 e. The summed E-state index contributed by atoms with van der Waals surface area (Å²) in [5, 5.41) is 25.1. The van der Waals surface area contributed by atoms with Crippen molar-refractivity contribution in [1.29, 1.82) is 5.26 Å². The summed E-state index contributed by atoms with van der Waals surface area (Å²) in [5.41, 5.74) is 1.96. The number of thiophene rings is 1. The first-order chi connectivity index (χ1) is 10.6. The van der Waals surface area contributed by atoms with E-state index < -0.39 is 4.92 Å². The van der Waals surface area contributed by atoms with Crippen LogP contribution in [0.25, 0.3) is 10.1 Å². The zero-order chi connectivity index (χ0) is 15.7. The van der Waals surface area contributed by atoms with Gasteiger partial charge in [-0.05, 0) is 18.6 Å². The maximum atomic E-state index is 11.1. The quantitative estimate of drug-likeness (QED) is 0.560. The predicted molar refractivity (Wildman–Crippen MR) is 87.7 cm³/mol. The molecule has 0 bridgehead atoms. The molecule has 5 nitrogen and oxygen atoms in total. The van der Waals surface area contributed by atoms with Crippen molar-refractivity contribution in [1.82, 2.24) is 0 Å². The summed E-state index contributed by atoms with van der Waals surface area (Å²) in [6.45, 7) is 1.98. The summed E-state index contributed by atoms with van der Waals surface area (Å²) in [6, 6.07) is 14.4. The number of hydrogen-bond donors (Lipinski definition) is 1. The van der Waals surface area contributed by atoms with Gasteiger partial charge in [-0.2, -0.15) is 5.26 Å². The number of nitriles is 1. The molecular formula is C16H11N3O2S. The smallest absolute Gasteiger partial charge is 0.292 e. The van der Waals surface area contributed by atoms with Gasteiger partial charge in [-0.1, -0.05) is 30.3 Å². The van der Waals surface area contributed by atoms with Crippen molar-refractivity contribution in [2.45, 2.75) is 6.92 Å². The highest BCUT2D eigenvalue weighted by Gasteiger charge is 2.17. The second-order valence-corrected chi connectivity index (χ2v) is 5.79. The second-order valence-electron chi connectivity index (χ2n) is 4.77. The van der Waals surface area contributed by atoms with Crippen LogP contribution < -0.4 is 5.32 Å². The number of hydrogen-bond acceptors (Lipinski definition) is 5. The highest BCUT2D eigenvalue weighted by atomic mass is 32.1. The van der Waals surface area contributed by atoms with Gasteiger partial charge < -0.3 is 5.32 Å². The highest BCUT2D eigenvalue weighted by Crippen LogP contribution is 2.39. The van der Waals surface area contributed by atoms with Gasteiger partial charge in [-0.3, -0.25) is 10.1 Å². The van der Waals surface area contributed by atoms with Gasteiger partial charge in [-0.25, -0.2) is 0 Å². The molecule has 0 aliphatic heterocycles. The van der Waals surface area contributed by atoms with Crippen LogP contribution in [0.3, 0.4) is 0 Å². The van der Waals surface area contributed by atoms with Crippen molar-refractivity contribution >= 4 is 37.8 Å². The number of nitrogens with zero attached hydrogens (tertiary/aromatic N) is 2. The van der Waals surface area contributed by atoms with Gasteiger partial charge in [-0.15, -0.1) is 11.3 Å². The molecule has 108 valence electrons. The summed E-state index contributed by atoms with van der Waals surface area (Å²) >= 11 is 1.43. The maximum Gasteiger partial charge on any atom is 0.292 e.